The summed E-state index contributed by atoms with van der Waals surface area (Å²) in [4.78, 5) is 23.9. The Bertz CT molecular complexity index is 371. The van der Waals surface area contributed by atoms with E-state index in [1.54, 1.807) is 0 Å². The summed E-state index contributed by atoms with van der Waals surface area (Å²) in [5.41, 5.74) is -0.592. The van der Waals surface area contributed by atoms with E-state index in [4.69, 9.17) is 0 Å². The van der Waals surface area contributed by atoms with Crippen molar-refractivity contribution in [2.75, 3.05) is 0 Å². The SMILES string of the molecule is CCC1(c2cccs2)CC(=O)NC1=O. The summed E-state index contributed by atoms with van der Waals surface area (Å²) >= 11 is 1.54. The molecule has 0 radical (unpaired) electrons. The highest BCUT2D eigenvalue weighted by molar-refractivity contribution is 7.10. The van der Waals surface area contributed by atoms with Gasteiger partial charge in [0.2, 0.25) is 11.8 Å². The fourth-order valence-electron chi connectivity index (χ4n) is 1.85. The lowest BCUT2D eigenvalue weighted by molar-refractivity contribution is -0.126. The minimum Gasteiger partial charge on any atom is -0.296 e. The Labute approximate surface area is 86.1 Å². The Morgan fingerprint density at radius 2 is 2.36 bits per heavy atom. The number of amides is 2. The van der Waals surface area contributed by atoms with Gasteiger partial charge in [0.05, 0.1) is 5.41 Å². The van der Waals surface area contributed by atoms with Crippen molar-refractivity contribution in [1.82, 2.24) is 5.32 Å². The third-order valence-electron chi connectivity index (χ3n) is 2.75. The van der Waals surface area contributed by atoms with Gasteiger partial charge in [0.25, 0.3) is 0 Å². The molecule has 4 heteroatoms. The van der Waals surface area contributed by atoms with E-state index >= 15 is 0 Å². The van der Waals surface area contributed by atoms with Crippen LogP contribution in [0, 0.1) is 0 Å². The van der Waals surface area contributed by atoms with Crippen molar-refractivity contribution in [3.8, 4) is 0 Å². The molecule has 0 saturated carbocycles. The molecule has 1 aliphatic rings. The third-order valence-corrected chi connectivity index (χ3v) is 3.82. The third kappa shape index (κ3) is 1.18. The van der Waals surface area contributed by atoms with E-state index < -0.39 is 5.41 Å². The quantitative estimate of drug-likeness (QED) is 0.749. The molecular weight excluding hydrogens is 198 g/mol. The topological polar surface area (TPSA) is 46.2 Å². The monoisotopic (exact) mass is 209 g/mol. The fourth-order valence-corrected chi connectivity index (χ4v) is 2.85. The zero-order valence-electron chi connectivity index (χ0n) is 7.87. The van der Waals surface area contributed by atoms with Crippen molar-refractivity contribution < 1.29 is 9.59 Å². The zero-order chi connectivity index (χ0) is 10.2. The second-order valence-electron chi connectivity index (χ2n) is 3.47. The highest BCUT2D eigenvalue weighted by atomic mass is 32.1. The van der Waals surface area contributed by atoms with E-state index in [1.165, 1.54) is 11.3 Å². The average molecular weight is 209 g/mol. The first kappa shape index (κ1) is 9.40. The standard InChI is InChI=1S/C10H11NO2S/c1-2-10(7-4-3-5-14-7)6-8(12)11-9(10)13/h3-5H,2,6H2,1H3,(H,11,12,13). The van der Waals surface area contributed by atoms with Crippen LogP contribution >= 0.6 is 11.3 Å². The van der Waals surface area contributed by atoms with Gasteiger partial charge in [-0.3, -0.25) is 14.9 Å². The van der Waals surface area contributed by atoms with Crippen molar-refractivity contribution in [3.05, 3.63) is 22.4 Å². The molecule has 2 amide bonds. The summed E-state index contributed by atoms with van der Waals surface area (Å²) in [5, 5.41) is 4.31. The average Bonchev–Trinajstić information content (AvgIpc) is 2.73. The summed E-state index contributed by atoms with van der Waals surface area (Å²) < 4.78 is 0. The molecule has 1 saturated heterocycles. The highest BCUT2D eigenvalue weighted by Crippen LogP contribution is 2.37. The molecule has 1 unspecified atom stereocenters. The van der Waals surface area contributed by atoms with Crippen LogP contribution in [0.15, 0.2) is 17.5 Å². The molecule has 0 aliphatic carbocycles. The summed E-state index contributed by atoms with van der Waals surface area (Å²) in [5.74, 6) is -0.308. The molecular formula is C10H11NO2S. The molecule has 0 aromatic carbocycles. The number of hydrogen-bond donors (Lipinski definition) is 1. The van der Waals surface area contributed by atoms with Crippen molar-refractivity contribution in [3.63, 3.8) is 0 Å². The van der Waals surface area contributed by atoms with Gasteiger partial charge in [0, 0.05) is 11.3 Å². The number of rotatable bonds is 2. The Kier molecular flexibility index (Phi) is 2.15. The molecule has 14 heavy (non-hydrogen) atoms. The van der Waals surface area contributed by atoms with Gasteiger partial charge in [-0.15, -0.1) is 11.3 Å². The Balaban J connectivity index is 2.45. The van der Waals surface area contributed by atoms with Gasteiger partial charge in [0.1, 0.15) is 0 Å². The molecule has 1 aromatic heterocycles. The molecule has 1 fully saturated rings. The smallest absolute Gasteiger partial charge is 0.238 e. The van der Waals surface area contributed by atoms with Crippen LogP contribution in [0.2, 0.25) is 0 Å². The van der Waals surface area contributed by atoms with E-state index in [-0.39, 0.29) is 11.8 Å². The lowest BCUT2D eigenvalue weighted by Crippen LogP contribution is -2.34. The summed E-state index contributed by atoms with van der Waals surface area (Å²) in [7, 11) is 0. The van der Waals surface area contributed by atoms with Gasteiger partial charge >= 0.3 is 0 Å². The van der Waals surface area contributed by atoms with E-state index in [1.807, 2.05) is 24.4 Å². The summed E-state index contributed by atoms with van der Waals surface area (Å²) in [6.45, 7) is 1.94. The maximum absolute atomic E-state index is 11.7. The van der Waals surface area contributed by atoms with E-state index in [0.29, 0.717) is 12.8 Å². The minimum absolute atomic E-state index is 0.146. The molecule has 74 valence electrons. The van der Waals surface area contributed by atoms with Gasteiger partial charge in [-0.05, 0) is 17.9 Å². The molecule has 1 N–H and O–H groups in total. The van der Waals surface area contributed by atoms with Gasteiger partial charge < -0.3 is 0 Å². The van der Waals surface area contributed by atoms with E-state index in [2.05, 4.69) is 5.32 Å². The Hall–Kier alpha value is -1.16. The molecule has 2 heterocycles. The van der Waals surface area contributed by atoms with Crippen LogP contribution in [-0.2, 0) is 15.0 Å². The number of carbonyl (C=O) groups excluding carboxylic acids is 2. The second kappa shape index (κ2) is 3.20. The zero-order valence-corrected chi connectivity index (χ0v) is 8.69. The molecule has 0 bridgehead atoms. The lowest BCUT2D eigenvalue weighted by atomic mass is 9.82. The predicted molar refractivity (Wildman–Crippen MR) is 54.1 cm³/mol. The maximum atomic E-state index is 11.7. The number of carbonyl (C=O) groups is 2. The van der Waals surface area contributed by atoms with Gasteiger partial charge in [-0.25, -0.2) is 0 Å². The summed E-state index contributed by atoms with van der Waals surface area (Å²) in [6, 6.07) is 3.83. The van der Waals surface area contributed by atoms with Crippen LogP contribution in [0.25, 0.3) is 0 Å². The first-order chi connectivity index (χ1) is 6.69. The lowest BCUT2D eigenvalue weighted by Gasteiger charge is -2.21. The van der Waals surface area contributed by atoms with Crippen molar-refractivity contribution in [1.29, 1.82) is 0 Å². The molecule has 1 atom stereocenters. The maximum Gasteiger partial charge on any atom is 0.238 e. The van der Waals surface area contributed by atoms with Gasteiger partial charge in [0.15, 0.2) is 0 Å². The molecule has 0 spiro atoms. The van der Waals surface area contributed by atoms with Crippen LogP contribution in [0.3, 0.4) is 0 Å². The van der Waals surface area contributed by atoms with Crippen molar-refractivity contribution in [2.24, 2.45) is 0 Å². The van der Waals surface area contributed by atoms with Crippen molar-refractivity contribution in [2.45, 2.75) is 25.2 Å². The van der Waals surface area contributed by atoms with Crippen molar-refractivity contribution >= 4 is 23.2 Å². The molecule has 2 rings (SSSR count). The molecule has 1 aromatic rings. The van der Waals surface area contributed by atoms with Gasteiger partial charge in [-0.2, -0.15) is 0 Å². The fraction of sp³-hybridized carbons (Fsp3) is 0.400. The number of thiophene rings is 1. The number of nitrogens with one attached hydrogen (secondary N) is 1. The van der Waals surface area contributed by atoms with Crippen LogP contribution in [-0.4, -0.2) is 11.8 Å². The first-order valence-corrected chi connectivity index (χ1v) is 5.45. The number of hydrogen-bond acceptors (Lipinski definition) is 3. The minimum atomic E-state index is -0.592. The largest absolute Gasteiger partial charge is 0.296 e. The first-order valence-electron chi connectivity index (χ1n) is 4.57. The van der Waals surface area contributed by atoms with Crippen LogP contribution in [0.4, 0.5) is 0 Å². The van der Waals surface area contributed by atoms with Crippen LogP contribution in [0.1, 0.15) is 24.6 Å². The highest BCUT2D eigenvalue weighted by Gasteiger charge is 2.47. The Morgan fingerprint density at radius 3 is 2.79 bits per heavy atom. The number of imide groups is 1. The molecule has 1 aliphatic heterocycles. The van der Waals surface area contributed by atoms with Gasteiger partial charge in [-0.1, -0.05) is 13.0 Å². The predicted octanol–water partition coefficient (Wildman–Crippen LogP) is 1.44. The van der Waals surface area contributed by atoms with Crippen LogP contribution < -0.4 is 5.32 Å². The summed E-state index contributed by atoms with van der Waals surface area (Å²) in [6.07, 6.45) is 0.966. The normalized spacial score (nSPS) is 26.6. The van der Waals surface area contributed by atoms with Crippen LogP contribution in [0.5, 0.6) is 0 Å². The molecule has 3 nitrogen and oxygen atoms in total. The van der Waals surface area contributed by atoms with E-state index in [9.17, 15) is 9.59 Å². The Morgan fingerprint density at radius 1 is 1.57 bits per heavy atom. The van der Waals surface area contributed by atoms with E-state index in [0.717, 1.165) is 4.88 Å². The second-order valence-corrected chi connectivity index (χ2v) is 4.41.